The van der Waals surface area contributed by atoms with Crippen LogP contribution in [0.1, 0.15) is 31.4 Å². The predicted octanol–water partition coefficient (Wildman–Crippen LogP) is 1.29. The van der Waals surface area contributed by atoms with Crippen molar-refractivity contribution in [2.45, 2.75) is 25.9 Å². The average molecular weight is 266 g/mol. The fourth-order valence-corrected chi connectivity index (χ4v) is 1.59. The van der Waals surface area contributed by atoms with Crippen LogP contribution in [0.3, 0.4) is 0 Å². The molecule has 19 heavy (non-hydrogen) atoms. The summed E-state index contributed by atoms with van der Waals surface area (Å²) in [7, 11) is 0. The van der Waals surface area contributed by atoms with Crippen LogP contribution >= 0.6 is 0 Å². The first-order valence-electron chi connectivity index (χ1n) is 6.08. The molecule has 0 aliphatic heterocycles. The minimum absolute atomic E-state index is 0.0407. The lowest BCUT2D eigenvalue weighted by Crippen LogP contribution is -2.32. The average Bonchev–Trinajstić information content (AvgIpc) is 2.45. The van der Waals surface area contributed by atoms with Gasteiger partial charge < -0.3 is 4.74 Å². The van der Waals surface area contributed by atoms with Crippen LogP contribution in [0.4, 0.5) is 0 Å². The van der Waals surface area contributed by atoms with E-state index in [9.17, 15) is 9.59 Å². The molecular weight excluding hydrogens is 248 g/mol. The Morgan fingerprint density at radius 1 is 1.26 bits per heavy atom. The fourth-order valence-electron chi connectivity index (χ4n) is 1.59. The van der Waals surface area contributed by atoms with E-state index in [1.165, 1.54) is 0 Å². The molecule has 0 aromatic heterocycles. The number of aldehydes is 1. The van der Waals surface area contributed by atoms with Crippen molar-refractivity contribution >= 4 is 12.7 Å². The number of carbonyl (C=O) groups is 2. The number of hydrogen-bond acceptors (Lipinski definition) is 5. The molecule has 1 unspecified atom stereocenters. The number of amides is 1. The van der Waals surface area contributed by atoms with Crippen molar-refractivity contribution in [3.8, 4) is 5.75 Å². The van der Waals surface area contributed by atoms with Crippen LogP contribution in [0.5, 0.6) is 5.75 Å². The molecule has 6 heteroatoms. The molecule has 0 saturated heterocycles. The van der Waals surface area contributed by atoms with Gasteiger partial charge in [0.1, 0.15) is 18.5 Å². The molecule has 0 heterocycles. The number of ether oxygens (including phenoxy) is 1. The lowest BCUT2D eigenvalue weighted by Gasteiger charge is -2.17. The van der Waals surface area contributed by atoms with Gasteiger partial charge in [-0.05, 0) is 24.1 Å². The maximum absolute atomic E-state index is 10.2. The van der Waals surface area contributed by atoms with Crippen molar-refractivity contribution < 1.29 is 19.2 Å². The summed E-state index contributed by atoms with van der Waals surface area (Å²) >= 11 is 0. The summed E-state index contributed by atoms with van der Waals surface area (Å²) < 4.78 is 5.17. The number of hydrogen-bond donors (Lipinski definition) is 2. The van der Waals surface area contributed by atoms with Crippen LogP contribution in [0.2, 0.25) is 0 Å². The second kappa shape index (κ2) is 9.07. The molecule has 0 bridgehead atoms. The maximum Gasteiger partial charge on any atom is 0.223 e. The van der Waals surface area contributed by atoms with Gasteiger partial charge in [0.2, 0.25) is 6.41 Å². The summed E-state index contributed by atoms with van der Waals surface area (Å²) in [6, 6.07) is 7.28. The van der Waals surface area contributed by atoms with Crippen LogP contribution in [-0.4, -0.2) is 19.3 Å². The van der Waals surface area contributed by atoms with Crippen molar-refractivity contribution in [2.75, 3.05) is 6.61 Å². The summed E-state index contributed by atoms with van der Waals surface area (Å²) in [4.78, 5) is 25.7. The molecule has 104 valence electrons. The molecule has 1 atom stereocenters. The van der Waals surface area contributed by atoms with Gasteiger partial charge in [0.05, 0.1) is 0 Å². The first kappa shape index (κ1) is 15.1. The fraction of sp³-hybridized carbons (Fsp3) is 0.385. The zero-order valence-electron chi connectivity index (χ0n) is 10.8. The summed E-state index contributed by atoms with van der Waals surface area (Å²) in [5.41, 5.74) is 5.56. The van der Waals surface area contributed by atoms with Gasteiger partial charge in [-0.1, -0.05) is 25.5 Å². The molecule has 2 N–H and O–H groups in total. The van der Waals surface area contributed by atoms with Crippen LogP contribution in [-0.2, 0) is 14.4 Å². The summed E-state index contributed by atoms with van der Waals surface area (Å²) in [6.45, 7) is 2.09. The number of nitrogens with one attached hydrogen (secondary N) is 2. The highest BCUT2D eigenvalue weighted by molar-refractivity contribution is 5.51. The van der Waals surface area contributed by atoms with Crippen LogP contribution in [0.25, 0.3) is 0 Å². The van der Waals surface area contributed by atoms with E-state index in [0.29, 0.717) is 18.4 Å². The SMILES string of the molecule is CCCC(ONNC=O)c1ccc(OCC=O)cc1. The van der Waals surface area contributed by atoms with Crippen LogP contribution in [0, 0.1) is 0 Å². The standard InChI is InChI=1S/C13H18N2O4/c1-2-3-13(19-15-14-10-17)11-4-6-12(7-5-11)18-9-8-16/h4-8,10,13,15H,2-3,9H2,1H3,(H,14,17). The molecule has 6 nitrogen and oxygen atoms in total. The van der Waals surface area contributed by atoms with Crippen molar-refractivity contribution in [3.05, 3.63) is 29.8 Å². The van der Waals surface area contributed by atoms with Crippen LogP contribution in [0.15, 0.2) is 24.3 Å². The largest absolute Gasteiger partial charge is 0.486 e. The number of carbonyl (C=O) groups excluding carboxylic acids is 2. The van der Waals surface area contributed by atoms with Crippen molar-refractivity contribution in [2.24, 2.45) is 0 Å². The molecule has 0 aliphatic carbocycles. The van der Waals surface area contributed by atoms with E-state index in [-0.39, 0.29) is 12.7 Å². The van der Waals surface area contributed by atoms with Gasteiger partial charge in [-0.2, -0.15) is 0 Å². The predicted molar refractivity (Wildman–Crippen MR) is 69.1 cm³/mol. The van der Waals surface area contributed by atoms with Gasteiger partial charge in [0, 0.05) is 0 Å². The minimum atomic E-state index is -0.169. The Hall–Kier alpha value is -1.92. The molecule has 1 aromatic rings. The maximum atomic E-state index is 10.2. The third kappa shape index (κ3) is 5.50. The highest BCUT2D eigenvalue weighted by Crippen LogP contribution is 2.23. The first-order chi connectivity index (χ1) is 9.31. The Morgan fingerprint density at radius 3 is 2.58 bits per heavy atom. The van der Waals surface area contributed by atoms with E-state index in [0.717, 1.165) is 18.4 Å². The molecule has 1 amide bonds. The lowest BCUT2D eigenvalue weighted by molar-refractivity contribution is -0.118. The number of rotatable bonds is 10. The van der Waals surface area contributed by atoms with E-state index in [4.69, 9.17) is 9.57 Å². The van der Waals surface area contributed by atoms with Crippen molar-refractivity contribution in [3.63, 3.8) is 0 Å². The first-order valence-corrected chi connectivity index (χ1v) is 6.08. The van der Waals surface area contributed by atoms with Gasteiger partial charge in [-0.3, -0.25) is 19.9 Å². The Bertz CT molecular complexity index is 381. The summed E-state index contributed by atoms with van der Waals surface area (Å²) in [5.74, 6) is 0.630. The van der Waals surface area contributed by atoms with Gasteiger partial charge in [0.25, 0.3) is 0 Å². The van der Waals surface area contributed by atoms with Gasteiger partial charge in [-0.15, -0.1) is 5.59 Å². The molecule has 0 fully saturated rings. The molecule has 0 aliphatic rings. The highest BCUT2D eigenvalue weighted by Gasteiger charge is 2.11. The van der Waals surface area contributed by atoms with Gasteiger partial charge >= 0.3 is 0 Å². The Kier molecular flexibility index (Phi) is 7.23. The van der Waals surface area contributed by atoms with Gasteiger partial charge in [-0.25, -0.2) is 0 Å². The second-order valence-corrected chi connectivity index (χ2v) is 3.81. The van der Waals surface area contributed by atoms with E-state index in [2.05, 4.69) is 11.0 Å². The molecule has 0 radical (unpaired) electrons. The minimum Gasteiger partial charge on any atom is -0.486 e. The third-order valence-electron chi connectivity index (χ3n) is 2.44. The second-order valence-electron chi connectivity index (χ2n) is 3.81. The molecule has 0 spiro atoms. The zero-order chi connectivity index (χ0) is 13.9. The number of hydrazine groups is 1. The Morgan fingerprint density at radius 2 is 2.00 bits per heavy atom. The monoisotopic (exact) mass is 266 g/mol. The normalized spacial score (nSPS) is 11.6. The van der Waals surface area contributed by atoms with E-state index in [1.54, 1.807) is 12.1 Å². The topological polar surface area (TPSA) is 76.7 Å². The van der Waals surface area contributed by atoms with Crippen LogP contribution < -0.4 is 15.8 Å². The number of benzene rings is 1. The molecule has 1 aromatic carbocycles. The Balaban J connectivity index is 2.61. The Labute approximate surface area is 112 Å². The third-order valence-corrected chi connectivity index (χ3v) is 2.44. The highest BCUT2D eigenvalue weighted by atomic mass is 16.7. The lowest BCUT2D eigenvalue weighted by atomic mass is 10.1. The smallest absolute Gasteiger partial charge is 0.223 e. The van der Waals surface area contributed by atoms with E-state index >= 15 is 0 Å². The molecule has 0 saturated carbocycles. The summed E-state index contributed by atoms with van der Waals surface area (Å²) in [6.07, 6.45) is 2.78. The zero-order valence-corrected chi connectivity index (χ0v) is 10.8. The van der Waals surface area contributed by atoms with E-state index in [1.807, 2.05) is 19.1 Å². The quantitative estimate of drug-likeness (QED) is 0.379. The van der Waals surface area contributed by atoms with E-state index < -0.39 is 0 Å². The van der Waals surface area contributed by atoms with Crippen molar-refractivity contribution in [1.29, 1.82) is 0 Å². The molecular formula is C13H18N2O4. The summed E-state index contributed by atoms with van der Waals surface area (Å²) in [5, 5.41) is 0. The molecule has 1 rings (SSSR count). The van der Waals surface area contributed by atoms with Gasteiger partial charge in [0.15, 0.2) is 6.29 Å². The van der Waals surface area contributed by atoms with Crippen molar-refractivity contribution in [1.82, 2.24) is 11.0 Å².